The van der Waals surface area contributed by atoms with Crippen LogP contribution in [0.4, 0.5) is 0 Å². The molecule has 1 aliphatic heterocycles. The van der Waals surface area contributed by atoms with E-state index in [4.69, 9.17) is 20.8 Å². The molecule has 1 aliphatic rings. The highest BCUT2D eigenvalue weighted by molar-refractivity contribution is 6.31. The normalized spacial score (nSPS) is 18.2. The number of aromatic nitrogens is 1. The molecule has 0 radical (unpaired) electrons. The Bertz CT molecular complexity index is 772. The summed E-state index contributed by atoms with van der Waals surface area (Å²) in [6.07, 6.45) is 5.19. The highest BCUT2D eigenvalue weighted by atomic mass is 35.5. The maximum atomic E-state index is 12.9. The Morgan fingerprint density at radius 1 is 1.38 bits per heavy atom. The summed E-state index contributed by atoms with van der Waals surface area (Å²) in [5, 5.41) is 0.710. The van der Waals surface area contributed by atoms with E-state index in [9.17, 15) is 4.79 Å². The summed E-state index contributed by atoms with van der Waals surface area (Å²) in [4.78, 5) is 19.2. The molecule has 0 saturated carbocycles. The molecular formula is C20H25ClN2O3. The lowest BCUT2D eigenvalue weighted by Gasteiger charge is -2.38. The average Bonchev–Trinajstić information content (AvgIpc) is 3.11. The molecule has 1 aromatic heterocycles. The van der Waals surface area contributed by atoms with Gasteiger partial charge in [0.05, 0.1) is 6.20 Å². The lowest BCUT2D eigenvalue weighted by molar-refractivity contribution is -0.155. The SMILES string of the molecule is COC(C)(C)C(=O)N1CCCC[C@@H]1c1ncc(Cc2ccccc2Cl)o1. The minimum absolute atomic E-state index is 0.0319. The molecule has 26 heavy (non-hydrogen) atoms. The van der Waals surface area contributed by atoms with Crippen LogP contribution in [0.2, 0.25) is 5.02 Å². The van der Waals surface area contributed by atoms with Crippen LogP contribution in [0.25, 0.3) is 0 Å². The second-order valence-corrected chi connectivity index (χ2v) is 7.56. The molecule has 3 rings (SSSR count). The van der Waals surface area contributed by atoms with E-state index in [1.54, 1.807) is 27.2 Å². The van der Waals surface area contributed by atoms with Crippen molar-refractivity contribution < 1.29 is 13.9 Å². The number of hydrogen-bond acceptors (Lipinski definition) is 4. The summed E-state index contributed by atoms with van der Waals surface area (Å²) in [5.41, 5.74) is 0.136. The number of amides is 1. The van der Waals surface area contributed by atoms with Crippen LogP contribution in [-0.2, 0) is 16.0 Å². The molecule has 0 unspecified atom stereocenters. The first-order valence-corrected chi connectivity index (χ1v) is 9.34. The third kappa shape index (κ3) is 3.94. The summed E-state index contributed by atoms with van der Waals surface area (Å²) in [6.45, 7) is 4.28. The zero-order valence-corrected chi connectivity index (χ0v) is 16.3. The summed E-state index contributed by atoms with van der Waals surface area (Å²) in [6, 6.07) is 7.55. The van der Waals surface area contributed by atoms with Crippen molar-refractivity contribution in [3.05, 3.63) is 52.7 Å². The van der Waals surface area contributed by atoms with Gasteiger partial charge in [0.2, 0.25) is 5.89 Å². The third-order valence-electron chi connectivity index (χ3n) is 4.97. The van der Waals surface area contributed by atoms with Crippen LogP contribution < -0.4 is 0 Å². The van der Waals surface area contributed by atoms with Crippen LogP contribution in [0.15, 0.2) is 34.9 Å². The van der Waals surface area contributed by atoms with E-state index in [2.05, 4.69) is 4.98 Å². The van der Waals surface area contributed by atoms with Crippen LogP contribution in [-0.4, -0.2) is 35.0 Å². The number of methoxy groups -OCH3 is 1. The van der Waals surface area contributed by atoms with Crippen LogP contribution in [0, 0.1) is 0 Å². The molecule has 0 bridgehead atoms. The Morgan fingerprint density at radius 2 is 2.15 bits per heavy atom. The minimum Gasteiger partial charge on any atom is -0.443 e. The van der Waals surface area contributed by atoms with Crippen LogP contribution in [0.5, 0.6) is 0 Å². The van der Waals surface area contributed by atoms with Crippen LogP contribution >= 0.6 is 11.6 Å². The second-order valence-electron chi connectivity index (χ2n) is 7.16. The van der Waals surface area contributed by atoms with Crippen LogP contribution in [0.1, 0.15) is 56.4 Å². The summed E-state index contributed by atoms with van der Waals surface area (Å²) in [7, 11) is 1.56. The average molecular weight is 377 g/mol. The van der Waals surface area contributed by atoms with Crippen molar-refractivity contribution in [3.63, 3.8) is 0 Å². The molecule has 1 fully saturated rings. The number of piperidine rings is 1. The maximum absolute atomic E-state index is 12.9. The first-order chi connectivity index (χ1) is 12.4. The molecule has 2 aromatic rings. The topological polar surface area (TPSA) is 55.6 Å². The molecule has 0 aliphatic carbocycles. The van der Waals surface area contributed by atoms with Gasteiger partial charge in [-0.2, -0.15) is 0 Å². The van der Waals surface area contributed by atoms with E-state index in [0.29, 0.717) is 23.9 Å². The Hall–Kier alpha value is -1.85. The number of likely N-dealkylation sites (tertiary alicyclic amines) is 1. The Balaban J connectivity index is 1.80. The molecule has 0 spiro atoms. The number of carbonyl (C=O) groups is 1. The maximum Gasteiger partial charge on any atom is 0.254 e. The largest absolute Gasteiger partial charge is 0.443 e. The predicted octanol–water partition coefficient (Wildman–Crippen LogP) is 4.40. The Labute approximate surface area is 159 Å². The Morgan fingerprint density at radius 3 is 2.88 bits per heavy atom. The smallest absolute Gasteiger partial charge is 0.254 e. The number of nitrogens with zero attached hydrogens (tertiary/aromatic N) is 2. The van der Waals surface area contributed by atoms with Crippen molar-refractivity contribution in [1.29, 1.82) is 0 Å². The standard InChI is InChI=1S/C20H25ClN2O3/c1-20(2,25-3)19(24)23-11-7-6-10-17(23)18-22-13-15(26-18)12-14-8-4-5-9-16(14)21/h4-5,8-9,13,17H,6-7,10-12H2,1-3H3/t17-/m1/s1. The highest BCUT2D eigenvalue weighted by Gasteiger charge is 2.39. The molecule has 0 N–H and O–H groups in total. The van der Waals surface area contributed by atoms with E-state index >= 15 is 0 Å². The summed E-state index contributed by atoms with van der Waals surface area (Å²) >= 11 is 6.23. The van der Waals surface area contributed by atoms with Crippen molar-refractivity contribution in [2.24, 2.45) is 0 Å². The molecule has 1 saturated heterocycles. The predicted molar refractivity (Wildman–Crippen MR) is 100 cm³/mol. The van der Waals surface area contributed by atoms with E-state index in [1.165, 1.54) is 0 Å². The van der Waals surface area contributed by atoms with Crippen molar-refractivity contribution in [2.45, 2.75) is 51.2 Å². The van der Waals surface area contributed by atoms with E-state index in [0.717, 1.165) is 30.6 Å². The molecule has 1 amide bonds. The van der Waals surface area contributed by atoms with Gasteiger partial charge in [-0.1, -0.05) is 29.8 Å². The van der Waals surface area contributed by atoms with Gasteiger partial charge in [-0.15, -0.1) is 0 Å². The highest BCUT2D eigenvalue weighted by Crippen LogP contribution is 2.33. The van der Waals surface area contributed by atoms with Gasteiger partial charge in [0.25, 0.3) is 5.91 Å². The lowest BCUT2D eigenvalue weighted by atomic mass is 9.98. The van der Waals surface area contributed by atoms with Crippen molar-refractivity contribution in [1.82, 2.24) is 9.88 Å². The molecule has 5 nitrogen and oxygen atoms in total. The van der Waals surface area contributed by atoms with Gasteiger partial charge in [0.1, 0.15) is 17.4 Å². The molecular weight excluding hydrogens is 352 g/mol. The fraction of sp³-hybridized carbons (Fsp3) is 0.500. The van der Waals surface area contributed by atoms with Gasteiger partial charge in [0.15, 0.2) is 0 Å². The minimum atomic E-state index is -0.859. The van der Waals surface area contributed by atoms with Crippen molar-refractivity contribution in [2.75, 3.05) is 13.7 Å². The van der Waals surface area contributed by atoms with E-state index in [1.807, 2.05) is 29.2 Å². The fourth-order valence-corrected chi connectivity index (χ4v) is 3.45. The van der Waals surface area contributed by atoms with Gasteiger partial charge >= 0.3 is 0 Å². The van der Waals surface area contributed by atoms with Crippen molar-refractivity contribution >= 4 is 17.5 Å². The quantitative estimate of drug-likeness (QED) is 0.776. The van der Waals surface area contributed by atoms with Gasteiger partial charge in [-0.25, -0.2) is 4.98 Å². The van der Waals surface area contributed by atoms with Gasteiger partial charge in [-0.05, 0) is 44.7 Å². The zero-order chi connectivity index (χ0) is 18.7. The summed E-state index contributed by atoms with van der Waals surface area (Å²) < 4.78 is 11.4. The number of oxazole rings is 1. The molecule has 1 aromatic carbocycles. The molecule has 2 heterocycles. The van der Waals surface area contributed by atoms with Gasteiger partial charge in [-0.3, -0.25) is 4.79 Å². The summed E-state index contributed by atoms with van der Waals surface area (Å²) in [5.74, 6) is 1.31. The third-order valence-corrected chi connectivity index (χ3v) is 5.34. The van der Waals surface area contributed by atoms with Crippen molar-refractivity contribution in [3.8, 4) is 0 Å². The number of benzene rings is 1. The number of halogens is 1. The molecule has 1 atom stereocenters. The number of carbonyl (C=O) groups excluding carboxylic acids is 1. The number of rotatable bonds is 5. The van der Waals surface area contributed by atoms with Gasteiger partial charge < -0.3 is 14.1 Å². The second kappa shape index (κ2) is 7.80. The number of ether oxygens (including phenoxy) is 1. The monoisotopic (exact) mass is 376 g/mol. The molecule has 6 heteroatoms. The van der Waals surface area contributed by atoms with Gasteiger partial charge in [0, 0.05) is 25.1 Å². The first-order valence-electron chi connectivity index (χ1n) is 8.96. The first kappa shape index (κ1) is 18.9. The Kier molecular flexibility index (Phi) is 5.68. The molecule has 140 valence electrons. The van der Waals surface area contributed by atoms with E-state index in [-0.39, 0.29) is 11.9 Å². The zero-order valence-electron chi connectivity index (χ0n) is 15.5. The number of hydrogen-bond donors (Lipinski definition) is 0. The van der Waals surface area contributed by atoms with Crippen LogP contribution in [0.3, 0.4) is 0 Å². The lowest BCUT2D eigenvalue weighted by Crippen LogP contribution is -2.49. The van der Waals surface area contributed by atoms with E-state index < -0.39 is 5.60 Å². The fourth-order valence-electron chi connectivity index (χ4n) is 3.25.